The largest absolute Gasteiger partial charge is 0.358 e. The molecular weight excluding hydrogens is 479 g/mol. The predicted octanol–water partition coefficient (Wildman–Crippen LogP) is 6.74. The van der Waals surface area contributed by atoms with Crippen LogP contribution in [0, 0.1) is 11.2 Å². The molecule has 5 aromatic heterocycles. The van der Waals surface area contributed by atoms with Crippen LogP contribution in [0.2, 0.25) is 0 Å². The lowest BCUT2D eigenvalue weighted by molar-refractivity contribution is 0.509. The highest BCUT2D eigenvalue weighted by atomic mass is 19.1. The number of halogens is 1. The minimum atomic E-state index is -0.411. The van der Waals surface area contributed by atoms with E-state index in [4.69, 9.17) is 4.98 Å². The van der Waals surface area contributed by atoms with Gasteiger partial charge in [-0.2, -0.15) is 5.10 Å². The molecule has 0 bridgehead atoms. The number of nitrogens with one attached hydrogen (secondary N) is 3. The van der Waals surface area contributed by atoms with Gasteiger partial charge in [-0.05, 0) is 36.4 Å². The molecule has 0 saturated carbocycles. The Balaban J connectivity index is 1.44. The van der Waals surface area contributed by atoms with Crippen molar-refractivity contribution in [3.05, 3.63) is 85.5 Å². The van der Waals surface area contributed by atoms with E-state index in [2.05, 4.69) is 62.8 Å². The summed E-state index contributed by atoms with van der Waals surface area (Å²) in [5, 5.41) is 11.0. The fraction of sp³-hybridized carbons (Fsp3) is 0.138. The maximum absolute atomic E-state index is 16.1. The summed E-state index contributed by atoms with van der Waals surface area (Å²) in [7, 11) is 0. The van der Waals surface area contributed by atoms with Gasteiger partial charge in [-0.3, -0.25) is 20.1 Å². The molecule has 0 aliphatic heterocycles. The maximum atomic E-state index is 16.1. The van der Waals surface area contributed by atoms with Crippen molar-refractivity contribution in [1.82, 2.24) is 35.1 Å². The zero-order chi connectivity index (χ0) is 26.4. The SMILES string of the molecule is C=C(Nc1cncc(-c2ccc3[nH]nc(-c4nc5c(-c6cccnc6)nccc5[nH]4)c3c2F)c1)C(C)(C)C. The molecule has 0 aliphatic carbocycles. The minimum absolute atomic E-state index is 0.134. The molecule has 38 heavy (non-hydrogen) atoms. The van der Waals surface area contributed by atoms with E-state index in [-0.39, 0.29) is 5.41 Å². The average molecular weight is 505 g/mol. The number of H-pyrrole nitrogens is 2. The van der Waals surface area contributed by atoms with E-state index in [0.29, 0.717) is 44.8 Å². The second-order valence-corrected chi connectivity index (χ2v) is 10.1. The molecule has 0 fully saturated rings. The van der Waals surface area contributed by atoms with Gasteiger partial charge in [-0.25, -0.2) is 9.37 Å². The molecular formula is C29H25FN8. The Hall–Kier alpha value is -4.92. The number of fused-ring (bicyclic) bond motifs is 2. The van der Waals surface area contributed by atoms with Crippen LogP contribution < -0.4 is 5.32 Å². The first kappa shape index (κ1) is 23.5. The van der Waals surface area contributed by atoms with Gasteiger partial charge in [0.05, 0.1) is 34.0 Å². The van der Waals surface area contributed by atoms with Crippen molar-refractivity contribution in [1.29, 1.82) is 0 Å². The van der Waals surface area contributed by atoms with Crippen LogP contribution in [-0.2, 0) is 0 Å². The van der Waals surface area contributed by atoms with Crippen molar-refractivity contribution in [2.45, 2.75) is 20.8 Å². The lowest BCUT2D eigenvalue weighted by Crippen LogP contribution is -2.15. The zero-order valence-electron chi connectivity index (χ0n) is 21.2. The highest BCUT2D eigenvalue weighted by Gasteiger charge is 2.21. The van der Waals surface area contributed by atoms with E-state index in [0.717, 1.165) is 22.5 Å². The number of anilines is 1. The van der Waals surface area contributed by atoms with E-state index in [9.17, 15) is 0 Å². The van der Waals surface area contributed by atoms with Gasteiger partial charge in [0.15, 0.2) is 5.82 Å². The fourth-order valence-electron chi connectivity index (χ4n) is 4.25. The van der Waals surface area contributed by atoms with E-state index < -0.39 is 5.82 Å². The fourth-order valence-corrected chi connectivity index (χ4v) is 4.25. The van der Waals surface area contributed by atoms with Crippen LogP contribution in [0.3, 0.4) is 0 Å². The van der Waals surface area contributed by atoms with Crippen molar-refractivity contribution in [2.24, 2.45) is 5.41 Å². The highest BCUT2D eigenvalue weighted by Crippen LogP contribution is 2.35. The molecule has 0 radical (unpaired) electrons. The van der Waals surface area contributed by atoms with E-state index >= 15 is 4.39 Å². The summed E-state index contributed by atoms with van der Waals surface area (Å²) in [5.74, 6) is 0.0290. The second-order valence-electron chi connectivity index (χ2n) is 10.1. The molecule has 0 unspecified atom stereocenters. The number of allylic oxidation sites excluding steroid dienone is 1. The van der Waals surface area contributed by atoms with Crippen molar-refractivity contribution < 1.29 is 4.39 Å². The molecule has 5 heterocycles. The smallest absolute Gasteiger partial charge is 0.159 e. The second kappa shape index (κ2) is 8.88. The number of imidazole rings is 1. The number of hydrogen-bond donors (Lipinski definition) is 3. The summed E-state index contributed by atoms with van der Waals surface area (Å²) in [6, 6.07) is 11.0. The lowest BCUT2D eigenvalue weighted by atomic mass is 9.93. The van der Waals surface area contributed by atoms with Gasteiger partial charge in [-0.15, -0.1) is 0 Å². The quantitative estimate of drug-likeness (QED) is 0.240. The number of benzene rings is 1. The number of aromatic amines is 2. The Morgan fingerprint density at radius 3 is 2.58 bits per heavy atom. The summed E-state index contributed by atoms with van der Waals surface area (Å²) in [6.45, 7) is 10.3. The molecule has 3 N–H and O–H groups in total. The highest BCUT2D eigenvalue weighted by molar-refractivity contribution is 5.98. The molecule has 0 saturated heterocycles. The summed E-state index contributed by atoms with van der Waals surface area (Å²) in [4.78, 5) is 21.1. The molecule has 0 aliphatic rings. The monoisotopic (exact) mass is 504 g/mol. The summed E-state index contributed by atoms with van der Waals surface area (Å²) in [5.41, 5.74) is 6.39. The van der Waals surface area contributed by atoms with Gasteiger partial charge in [0.1, 0.15) is 17.0 Å². The molecule has 0 amide bonds. The van der Waals surface area contributed by atoms with E-state index in [1.165, 1.54) is 0 Å². The normalized spacial score (nSPS) is 11.8. The zero-order valence-corrected chi connectivity index (χ0v) is 21.2. The molecule has 0 atom stereocenters. The lowest BCUT2D eigenvalue weighted by Gasteiger charge is -2.23. The number of hydrogen-bond acceptors (Lipinski definition) is 6. The van der Waals surface area contributed by atoms with Gasteiger partial charge in [-0.1, -0.05) is 27.4 Å². The number of nitrogens with zero attached hydrogens (tertiary/aromatic N) is 5. The number of aromatic nitrogens is 7. The molecule has 6 rings (SSSR count). The van der Waals surface area contributed by atoms with Crippen molar-refractivity contribution in [3.63, 3.8) is 0 Å². The molecule has 6 aromatic rings. The van der Waals surface area contributed by atoms with Crippen molar-refractivity contribution in [3.8, 4) is 33.9 Å². The van der Waals surface area contributed by atoms with E-state index in [1.54, 1.807) is 37.1 Å². The van der Waals surface area contributed by atoms with Crippen LogP contribution in [0.4, 0.5) is 10.1 Å². The molecule has 9 heteroatoms. The van der Waals surface area contributed by atoms with Gasteiger partial charge in [0.25, 0.3) is 0 Å². The average Bonchev–Trinajstić information content (AvgIpc) is 3.54. The molecule has 1 aromatic carbocycles. The van der Waals surface area contributed by atoms with Gasteiger partial charge in [0.2, 0.25) is 0 Å². The third-order valence-corrected chi connectivity index (χ3v) is 6.48. The van der Waals surface area contributed by atoms with Crippen LogP contribution in [0.5, 0.6) is 0 Å². The molecule has 188 valence electrons. The molecule has 8 nitrogen and oxygen atoms in total. The Morgan fingerprint density at radius 2 is 1.79 bits per heavy atom. The maximum Gasteiger partial charge on any atom is 0.159 e. The first-order valence-corrected chi connectivity index (χ1v) is 12.1. The van der Waals surface area contributed by atoms with Crippen LogP contribution in [-0.4, -0.2) is 35.1 Å². The number of rotatable bonds is 5. The topological polar surface area (TPSA) is 108 Å². The van der Waals surface area contributed by atoms with Crippen molar-refractivity contribution >= 4 is 27.6 Å². The first-order chi connectivity index (χ1) is 18.3. The first-order valence-electron chi connectivity index (χ1n) is 12.1. The third-order valence-electron chi connectivity index (χ3n) is 6.48. The van der Waals surface area contributed by atoms with Gasteiger partial charge >= 0.3 is 0 Å². The van der Waals surface area contributed by atoms with Crippen molar-refractivity contribution in [2.75, 3.05) is 5.32 Å². The standard InChI is InChI=1S/C29H25FN8/c1-16(29(2,3)4)34-19-12-18(14-32-15-19)20-7-8-21-23(24(20)30)27(38-37-21)28-35-22-9-11-33-25(26(22)36-28)17-6-5-10-31-13-17/h5-15,34H,1H2,2-4H3,(H,35,36)(H,37,38). The summed E-state index contributed by atoms with van der Waals surface area (Å²) >= 11 is 0. The van der Waals surface area contributed by atoms with E-state index in [1.807, 2.05) is 30.3 Å². The summed E-state index contributed by atoms with van der Waals surface area (Å²) in [6.07, 6.45) is 8.48. The Labute approximate surface area is 218 Å². The Bertz CT molecular complexity index is 1810. The predicted molar refractivity (Wildman–Crippen MR) is 148 cm³/mol. The Morgan fingerprint density at radius 1 is 0.947 bits per heavy atom. The summed E-state index contributed by atoms with van der Waals surface area (Å²) < 4.78 is 16.1. The third kappa shape index (κ3) is 4.07. The molecule has 0 spiro atoms. The van der Waals surface area contributed by atoms with Crippen LogP contribution in [0.25, 0.3) is 55.8 Å². The van der Waals surface area contributed by atoms with Crippen LogP contribution >= 0.6 is 0 Å². The van der Waals surface area contributed by atoms with Crippen LogP contribution in [0.1, 0.15) is 20.8 Å². The van der Waals surface area contributed by atoms with Crippen LogP contribution in [0.15, 0.2) is 79.7 Å². The van der Waals surface area contributed by atoms with Gasteiger partial charge in [0, 0.05) is 52.6 Å². The minimum Gasteiger partial charge on any atom is -0.358 e. The number of pyridine rings is 3. The van der Waals surface area contributed by atoms with Gasteiger partial charge < -0.3 is 10.3 Å². The Kier molecular flexibility index (Phi) is 5.48.